The number of carbonyl (C=O) groups excluding carboxylic acids is 2. The molecule has 1 amide bonds. The lowest BCUT2D eigenvalue weighted by Gasteiger charge is -2.16. The molecule has 1 atom stereocenters. The molecule has 0 fully saturated rings. The van der Waals surface area contributed by atoms with E-state index in [9.17, 15) is 9.59 Å². The number of hydrogen-bond acceptors (Lipinski definition) is 4. The molecule has 0 saturated heterocycles. The Morgan fingerprint density at radius 2 is 2.05 bits per heavy atom. The van der Waals surface area contributed by atoms with E-state index in [0.29, 0.717) is 23.4 Å². The van der Waals surface area contributed by atoms with Gasteiger partial charge in [0.2, 0.25) is 5.91 Å². The van der Waals surface area contributed by atoms with Crippen molar-refractivity contribution in [1.82, 2.24) is 5.32 Å². The van der Waals surface area contributed by atoms with Gasteiger partial charge in [-0.15, -0.1) is 0 Å². The van der Waals surface area contributed by atoms with Crippen molar-refractivity contribution in [3.05, 3.63) is 23.8 Å². The fourth-order valence-electron chi connectivity index (χ4n) is 1.89. The van der Waals surface area contributed by atoms with Crippen LogP contribution < -0.4 is 15.4 Å². The van der Waals surface area contributed by atoms with Gasteiger partial charge in [0.25, 0.3) is 0 Å². The first kappa shape index (κ1) is 15.2. The molecule has 2 N–H and O–H groups in total. The van der Waals surface area contributed by atoms with E-state index in [2.05, 4.69) is 10.6 Å². The molecule has 1 rings (SSSR count). The highest BCUT2D eigenvalue weighted by Crippen LogP contribution is 2.24. The van der Waals surface area contributed by atoms with Crippen LogP contribution in [-0.2, 0) is 4.79 Å². The molecule has 1 unspecified atom stereocenters. The van der Waals surface area contributed by atoms with Crippen molar-refractivity contribution >= 4 is 17.4 Å². The van der Waals surface area contributed by atoms with Gasteiger partial charge in [0, 0.05) is 12.6 Å². The molecule has 1 aromatic rings. The van der Waals surface area contributed by atoms with Crippen molar-refractivity contribution in [2.24, 2.45) is 0 Å². The third kappa shape index (κ3) is 3.79. The topological polar surface area (TPSA) is 67.4 Å². The van der Waals surface area contributed by atoms with E-state index in [1.54, 1.807) is 25.2 Å². The van der Waals surface area contributed by atoms with Gasteiger partial charge in [-0.25, -0.2) is 0 Å². The van der Waals surface area contributed by atoms with E-state index >= 15 is 0 Å². The van der Waals surface area contributed by atoms with Crippen molar-refractivity contribution in [2.75, 3.05) is 19.5 Å². The number of hydrogen-bond donors (Lipinski definition) is 2. The Morgan fingerprint density at radius 1 is 1.37 bits per heavy atom. The summed E-state index contributed by atoms with van der Waals surface area (Å²) in [6.45, 7) is 3.36. The Kier molecular flexibility index (Phi) is 5.51. The minimum absolute atomic E-state index is 0.0472. The standard InChI is InChI=1S/C14H20N2O3/c1-5-12(15-3)14(18)11-8-10(16-9(2)17)6-7-13(11)19-4/h6-8,12,15H,5H2,1-4H3,(H,16,17). The number of methoxy groups -OCH3 is 1. The molecule has 0 aliphatic rings. The van der Waals surface area contributed by atoms with Crippen molar-refractivity contribution < 1.29 is 14.3 Å². The largest absolute Gasteiger partial charge is 0.496 e. The molecular weight excluding hydrogens is 244 g/mol. The number of benzene rings is 1. The molecule has 5 nitrogen and oxygen atoms in total. The third-order valence-electron chi connectivity index (χ3n) is 2.86. The number of carbonyl (C=O) groups is 2. The number of amides is 1. The molecule has 0 saturated carbocycles. The summed E-state index contributed by atoms with van der Waals surface area (Å²) in [5, 5.41) is 5.63. The Bertz CT molecular complexity index is 468. The Labute approximate surface area is 113 Å². The number of ether oxygens (including phenoxy) is 1. The van der Waals surface area contributed by atoms with E-state index < -0.39 is 0 Å². The number of Topliss-reactive ketones (excluding diaryl/α,β-unsaturated/α-hetero) is 1. The summed E-state index contributed by atoms with van der Waals surface area (Å²) in [6.07, 6.45) is 0.683. The van der Waals surface area contributed by atoms with Crippen LogP contribution >= 0.6 is 0 Å². The van der Waals surface area contributed by atoms with Crippen LogP contribution in [0, 0.1) is 0 Å². The van der Waals surface area contributed by atoms with Crippen LogP contribution in [0.5, 0.6) is 5.75 Å². The average Bonchev–Trinajstić information content (AvgIpc) is 2.39. The summed E-state index contributed by atoms with van der Waals surface area (Å²) in [4.78, 5) is 23.4. The molecule has 0 bridgehead atoms. The third-order valence-corrected chi connectivity index (χ3v) is 2.86. The number of nitrogens with one attached hydrogen (secondary N) is 2. The second-order valence-corrected chi connectivity index (χ2v) is 4.21. The summed E-state index contributed by atoms with van der Waals surface area (Å²) in [7, 11) is 3.26. The summed E-state index contributed by atoms with van der Waals surface area (Å²) >= 11 is 0. The molecule has 0 aliphatic carbocycles. The number of likely N-dealkylation sites (N-methyl/N-ethyl adjacent to an activating group) is 1. The molecule has 0 spiro atoms. The van der Waals surface area contributed by atoms with E-state index in [-0.39, 0.29) is 17.7 Å². The van der Waals surface area contributed by atoms with Crippen LogP contribution in [0.25, 0.3) is 0 Å². The number of anilines is 1. The van der Waals surface area contributed by atoms with E-state index in [0.717, 1.165) is 0 Å². The van der Waals surface area contributed by atoms with Crippen LogP contribution in [-0.4, -0.2) is 31.9 Å². The summed E-state index contributed by atoms with van der Waals surface area (Å²) in [5.41, 5.74) is 1.05. The zero-order valence-corrected chi connectivity index (χ0v) is 11.7. The van der Waals surface area contributed by atoms with E-state index in [1.165, 1.54) is 14.0 Å². The van der Waals surface area contributed by atoms with Crippen molar-refractivity contribution in [2.45, 2.75) is 26.3 Å². The summed E-state index contributed by atoms with van der Waals surface area (Å²) in [5.74, 6) is 0.283. The molecule has 5 heteroatoms. The maximum Gasteiger partial charge on any atom is 0.221 e. The Morgan fingerprint density at radius 3 is 2.53 bits per heavy atom. The Balaban J connectivity index is 3.14. The molecule has 1 aromatic carbocycles. The lowest BCUT2D eigenvalue weighted by atomic mass is 10.0. The molecule has 0 heterocycles. The van der Waals surface area contributed by atoms with Crippen LogP contribution in [0.1, 0.15) is 30.6 Å². The van der Waals surface area contributed by atoms with Gasteiger partial charge < -0.3 is 15.4 Å². The van der Waals surface area contributed by atoms with Gasteiger partial charge >= 0.3 is 0 Å². The van der Waals surface area contributed by atoms with Crippen LogP contribution in [0.15, 0.2) is 18.2 Å². The fourth-order valence-corrected chi connectivity index (χ4v) is 1.89. The SMILES string of the molecule is CCC(NC)C(=O)c1cc(NC(C)=O)ccc1OC. The van der Waals surface area contributed by atoms with Gasteiger partial charge in [-0.2, -0.15) is 0 Å². The summed E-state index contributed by atoms with van der Waals surface area (Å²) < 4.78 is 5.20. The van der Waals surface area contributed by atoms with Crippen molar-refractivity contribution in [1.29, 1.82) is 0 Å². The smallest absolute Gasteiger partial charge is 0.221 e. The van der Waals surface area contributed by atoms with Crippen molar-refractivity contribution in [3.8, 4) is 5.75 Å². The van der Waals surface area contributed by atoms with Gasteiger partial charge in [-0.3, -0.25) is 9.59 Å². The zero-order valence-electron chi connectivity index (χ0n) is 11.7. The van der Waals surface area contributed by atoms with Crippen LogP contribution in [0.3, 0.4) is 0 Å². The zero-order chi connectivity index (χ0) is 14.4. The number of ketones is 1. The minimum Gasteiger partial charge on any atom is -0.496 e. The lowest BCUT2D eigenvalue weighted by Crippen LogP contribution is -2.33. The van der Waals surface area contributed by atoms with Crippen LogP contribution in [0.4, 0.5) is 5.69 Å². The second kappa shape index (κ2) is 6.89. The van der Waals surface area contributed by atoms with Gasteiger partial charge in [0.1, 0.15) is 5.75 Å². The molecule has 0 aliphatic heterocycles. The monoisotopic (exact) mass is 264 g/mol. The van der Waals surface area contributed by atoms with Crippen molar-refractivity contribution in [3.63, 3.8) is 0 Å². The molecule has 104 valence electrons. The average molecular weight is 264 g/mol. The summed E-state index contributed by atoms with van der Waals surface area (Å²) in [6, 6.07) is 4.77. The quantitative estimate of drug-likeness (QED) is 0.769. The van der Waals surface area contributed by atoms with Gasteiger partial charge in [-0.05, 0) is 31.7 Å². The van der Waals surface area contributed by atoms with Gasteiger partial charge in [0.05, 0.1) is 18.7 Å². The van der Waals surface area contributed by atoms with Crippen LogP contribution in [0.2, 0.25) is 0 Å². The first-order chi connectivity index (χ1) is 9.03. The molecule has 19 heavy (non-hydrogen) atoms. The van der Waals surface area contributed by atoms with Gasteiger partial charge in [0.15, 0.2) is 5.78 Å². The number of rotatable bonds is 6. The molecular formula is C14H20N2O3. The normalized spacial score (nSPS) is 11.8. The lowest BCUT2D eigenvalue weighted by molar-refractivity contribution is -0.114. The highest BCUT2D eigenvalue weighted by Gasteiger charge is 2.20. The predicted octanol–water partition coefficient (Wildman–Crippen LogP) is 1.83. The fraction of sp³-hybridized carbons (Fsp3) is 0.429. The maximum atomic E-state index is 12.4. The highest BCUT2D eigenvalue weighted by atomic mass is 16.5. The highest BCUT2D eigenvalue weighted by molar-refractivity contribution is 6.03. The van der Waals surface area contributed by atoms with Gasteiger partial charge in [-0.1, -0.05) is 6.92 Å². The van der Waals surface area contributed by atoms with E-state index in [4.69, 9.17) is 4.74 Å². The second-order valence-electron chi connectivity index (χ2n) is 4.21. The first-order valence-corrected chi connectivity index (χ1v) is 6.20. The predicted molar refractivity (Wildman–Crippen MR) is 74.8 cm³/mol. The molecule has 0 aromatic heterocycles. The first-order valence-electron chi connectivity index (χ1n) is 6.20. The van der Waals surface area contributed by atoms with E-state index in [1.807, 2.05) is 6.92 Å². The minimum atomic E-state index is -0.263. The Hall–Kier alpha value is -1.88. The maximum absolute atomic E-state index is 12.4. The molecule has 0 radical (unpaired) electrons.